The van der Waals surface area contributed by atoms with Gasteiger partial charge in [0, 0.05) is 29.9 Å². The molecule has 0 aliphatic carbocycles. The number of carbonyl (C=O) groups is 1. The third kappa shape index (κ3) is 3.71. The van der Waals surface area contributed by atoms with Gasteiger partial charge in [0.1, 0.15) is 6.04 Å². The predicted molar refractivity (Wildman–Crippen MR) is 89.9 cm³/mol. The number of nitrogens with zero attached hydrogens (tertiary/aromatic N) is 4. The second-order valence-electron chi connectivity index (χ2n) is 6.08. The summed E-state index contributed by atoms with van der Waals surface area (Å²) < 4.78 is 7.46. The van der Waals surface area contributed by atoms with Crippen molar-refractivity contribution in [1.29, 1.82) is 5.26 Å². The SMILES string of the molecule is C[C@H](C#N)n1cc([C@@H](CC(=O)c2ccsc2)C2CCCCO2)nn1. The van der Waals surface area contributed by atoms with E-state index in [2.05, 4.69) is 16.4 Å². The van der Waals surface area contributed by atoms with E-state index in [0.717, 1.165) is 37.1 Å². The molecular weight excluding hydrogens is 324 g/mol. The van der Waals surface area contributed by atoms with Crippen molar-refractivity contribution in [3.05, 3.63) is 34.3 Å². The van der Waals surface area contributed by atoms with Gasteiger partial charge in [-0.1, -0.05) is 5.21 Å². The first-order valence-electron chi connectivity index (χ1n) is 8.17. The van der Waals surface area contributed by atoms with Gasteiger partial charge in [-0.15, -0.1) is 5.10 Å². The Balaban J connectivity index is 1.83. The molecule has 0 spiro atoms. The second-order valence-corrected chi connectivity index (χ2v) is 6.86. The van der Waals surface area contributed by atoms with E-state index in [-0.39, 0.29) is 23.8 Å². The van der Waals surface area contributed by atoms with Gasteiger partial charge in [-0.2, -0.15) is 16.6 Å². The smallest absolute Gasteiger partial charge is 0.164 e. The molecule has 1 saturated heterocycles. The fourth-order valence-corrected chi connectivity index (χ4v) is 3.62. The molecule has 1 unspecified atom stereocenters. The van der Waals surface area contributed by atoms with E-state index in [1.54, 1.807) is 17.8 Å². The van der Waals surface area contributed by atoms with Gasteiger partial charge in [0.25, 0.3) is 0 Å². The van der Waals surface area contributed by atoms with Crippen LogP contribution >= 0.6 is 11.3 Å². The van der Waals surface area contributed by atoms with Crippen molar-refractivity contribution in [2.75, 3.05) is 6.61 Å². The maximum Gasteiger partial charge on any atom is 0.164 e. The normalized spacial score (nSPS) is 20.2. The minimum absolute atomic E-state index is 0.0242. The monoisotopic (exact) mass is 344 g/mol. The summed E-state index contributed by atoms with van der Waals surface area (Å²) in [5.41, 5.74) is 1.46. The van der Waals surface area contributed by atoms with E-state index < -0.39 is 0 Å². The molecule has 1 aliphatic rings. The first-order chi connectivity index (χ1) is 11.7. The lowest BCUT2D eigenvalue weighted by Crippen LogP contribution is -2.28. The van der Waals surface area contributed by atoms with Gasteiger partial charge >= 0.3 is 0 Å². The van der Waals surface area contributed by atoms with Crippen molar-refractivity contribution in [3.8, 4) is 6.07 Å². The van der Waals surface area contributed by atoms with Gasteiger partial charge in [0.05, 0.1) is 24.1 Å². The van der Waals surface area contributed by atoms with Gasteiger partial charge in [-0.3, -0.25) is 4.79 Å². The molecule has 7 heteroatoms. The average molecular weight is 344 g/mol. The summed E-state index contributed by atoms with van der Waals surface area (Å²) in [4.78, 5) is 12.6. The quantitative estimate of drug-likeness (QED) is 0.751. The van der Waals surface area contributed by atoms with Crippen molar-refractivity contribution < 1.29 is 9.53 Å². The summed E-state index contributed by atoms with van der Waals surface area (Å²) in [5, 5.41) is 21.1. The number of ether oxygens (including phenoxy) is 1. The molecule has 2 aromatic rings. The van der Waals surface area contributed by atoms with Crippen molar-refractivity contribution in [2.45, 2.75) is 50.7 Å². The molecule has 3 rings (SSSR count). The molecule has 1 aliphatic heterocycles. The Hall–Kier alpha value is -2.04. The highest BCUT2D eigenvalue weighted by atomic mass is 32.1. The zero-order valence-electron chi connectivity index (χ0n) is 13.6. The lowest BCUT2D eigenvalue weighted by molar-refractivity contribution is -0.00290. The zero-order valence-corrected chi connectivity index (χ0v) is 14.4. The molecule has 0 amide bonds. The van der Waals surface area contributed by atoms with E-state index in [1.165, 1.54) is 11.3 Å². The molecule has 6 nitrogen and oxygen atoms in total. The van der Waals surface area contributed by atoms with Gasteiger partial charge in [-0.05, 0) is 37.6 Å². The number of Topliss-reactive ketones (excluding diaryl/α,β-unsaturated/α-hetero) is 1. The maximum absolute atomic E-state index is 12.6. The van der Waals surface area contributed by atoms with Crippen LogP contribution in [0.1, 0.15) is 60.6 Å². The van der Waals surface area contributed by atoms with Crippen LogP contribution in [-0.2, 0) is 4.74 Å². The van der Waals surface area contributed by atoms with Crippen LogP contribution in [0, 0.1) is 11.3 Å². The average Bonchev–Trinajstić information content (AvgIpc) is 3.31. The van der Waals surface area contributed by atoms with Crippen molar-refractivity contribution in [2.24, 2.45) is 0 Å². The molecule has 3 heterocycles. The maximum atomic E-state index is 12.6. The Morgan fingerprint density at radius 1 is 1.58 bits per heavy atom. The summed E-state index contributed by atoms with van der Waals surface area (Å²) >= 11 is 1.52. The molecule has 3 atom stereocenters. The molecular formula is C17H20N4O2S. The van der Waals surface area contributed by atoms with E-state index in [1.807, 2.05) is 16.8 Å². The predicted octanol–water partition coefficient (Wildman–Crippen LogP) is 3.35. The van der Waals surface area contributed by atoms with Crippen LogP contribution in [0.5, 0.6) is 0 Å². The summed E-state index contributed by atoms with van der Waals surface area (Å²) in [6.45, 7) is 2.48. The van der Waals surface area contributed by atoms with Crippen LogP contribution in [0.2, 0.25) is 0 Å². The number of rotatable bonds is 6. The number of carbonyl (C=O) groups excluding carboxylic acids is 1. The third-order valence-corrected chi connectivity index (χ3v) is 5.09. The fourth-order valence-electron chi connectivity index (χ4n) is 2.96. The summed E-state index contributed by atoms with van der Waals surface area (Å²) in [6, 6.07) is 3.60. The van der Waals surface area contributed by atoms with E-state index in [0.29, 0.717) is 6.42 Å². The van der Waals surface area contributed by atoms with Gasteiger partial charge in [-0.25, -0.2) is 4.68 Å². The van der Waals surface area contributed by atoms with Gasteiger partial charge in [0.2, 0.25) is 0 Å². The Bertz CT molecular complexity index is 713. The van der Waals surface area contributed by atoms with Crippen LogP contribution in [0.3, 0.4) is 0 Å². The molecule has 0 aromatic carbocycles. The molecule has 0 saturated carbocycles. The number of hydrogen-bond donors (Lipinski definition) is 0. The van der Waals surface area contributed by atoms with E-state index in [4.69, 9.17) is 10.00 Å². The second kappa shape index (κ2) is 7.69. The van der Waals surface area contributed by atoms with E-state index >= 15 is 0 Å². The van der Waals surface area contributed by atoms with Crippen LogP contribution in [0.4, 0.5) is 0 Å². The van der Waals surface area contributed by atoms with Crippen LogP contribution in [0.15, 0.2) is 23.0 Å². The van der Waals surface area contributed by atoms with Crippen LogP contribution < -0.4 is 0 Å². The Labute approximate surface area is 145 Å². The molecule has 0 N–H and O–H groups in total. The van der Waals surface area contributed by atoms with Crippen molar-refractivity contribution in [3.63, 3.8) is 0 Å². The molecule has 24 heavy (non-hydrogen) atoms. The minimum Gasteiger partial charge on any atom is -0.378 e. The number of hydrogen-bond acceptors (Lipinski definition) is 6. The zero-order chi connectivity index (χ0) is 16.9. The number of thiophene rings is 1. The fraction of sp³-hybridized carbons (Fsp3) is 0.529. The third-order valence-electron chi connectivity index (χ3n) is 4.40. The largest absolute Gasteiger partial charge is 0.378 e. The van der Waals surface area contributed by atoms with Gasteiger partial charge < -0.3 is 4.74 Å². The lowest BCUT2D eigenvalue weighted by atomic mass is 9.88. The molecule has 0 radical (unpaired) electrons. The summed E-state index contributed by atoms with van der Waals surface area (Å²) in [5.74, 6) is -0.0318. The van der Waals surface area contributed by atoms with E-state index in [9.17, 15) is 4.79 Å². The van der Waals surface area contributed by atoms with Crippen LogP contribution in [0.25, 0.3) is 0 Å². The standard InChI is InChI=1S/C17H20N4O2S/c1-12(9-18)21-10-15(19-20-21)14(17-4-2-3-6-23-17)8-16(22)13-5-7-24-11-13/h5,7,10-12,14,17H,2-4,6,8H2,1H3/t12-,14-,17?/m1/s1. The first-order valence-corrected chi connectivity index (χ1v) is 9.11. The number of nitriles is 1. The Morgan fingerprint density at radius 3 is 3.12 bits per heavy atom. The summed E-state index contributed by atoms with van der Waals surface area (Å²) in [6.07, 6.45) is 5.17. The van der Waals surface area contributed by atoms with Crippen LogP contribution in [-0.4, -0.2) is 33.5 Å². The first kappa shape index (κ1) is 16.8. The number of ketones is 1. The highest BCUT2D eigenvalue weighted by Crippen LogP contribution is 2.31. The van der Waals surface area contributed by atoms with Crippen molar-refractivity contribution in [1.82, 2.24) is 15.0 Å². The molecule has 2 aromatic heterocycles. The highest BCUT2D eigenvalue weighted by Gasteiger charge is 2.31. The molecule has 126 valence electrons. The molecule has 1 fully saturated rings. The topological polar surface area (TPSA) is 80.8 Å². The van der Waals surface area contributed by atoms with Crippen molar-refractivity contribution >= 4 is 17.1 Å². The Kier molecular flexibility index (Phi) is 5.38. The minimum atomic E-state index is -0.383. The highest BCUT2D eigenvalue weighted by molar-refractivity contribution is 7.08. The Morgan fingerprint density at radius 2 is 2.46 bits per heavy atom. The van der Waals surface area contributed by atoms with Gasteiger partial charge in [0.15, 0.2) is 5.78 Å². The summed E-state index contributed by atoms with van der Waals surface area (Å²) in [7, 11) is 0. The molecule has 0 bridgehead atoms. The lowest BCUT2D eigenvalue weighted by Gasteiger charge is -2.29. The number of aromatic nitrogens is 3.